The molecule has 37 heavy (non-hydrogen) atoms. The van der Waals surface area contributed by atoms with E-state index in [2.05, 4.69) is 20.4 Å². The number of aromatic nitrogens is 4. The highest BCUT2D eigenvalue weighted by molar-refractivity contribution is 5.65. The van der Waals surface area contributed by atoms with E-state index in [4.69, 9.17) is 9.47 Å². The van der Waals surface area contributed by atoms with Gasteiger partial charge in [-0.05, 0) is 41.1 Å². The maximum Gasteiger partial charge on any atom is 0.416 e. The van der Waals surface area contributed by atoms with Crippen molar-refractivity contribution in [2.75, 3.05) is 44.3 Å². The minimum absolute atomic E-state index is 0.145. The van der Waals surface area contributed by atoms with Crippen molar-refractivity contribution in [3.05, 3.63) is 57.9 Å². The van der Waals surface area contributed by atoms with Crippen LogP contribution in [0.15, 0.2) is 36.4 Å². The molecule has 0 spiro atoms. The van der Waals surface area contributed by atoms with Crippen molar-refractivity contribution in [2.24, 2.45) is 0 Å². The molecule has 0 radical (unpaired) electrons. The molecule has 0 bridgehead atoms. The molecular weight excluding hydrogens is 495 g/mol. The fourth-order valence-corrected chi connectivity index (χ4v) is 4.74. The van der Waals surface area contributed by atoms with E-state index in [1.54, 1.807) is 9.58 Å². The second kappa shape index (κ2) is 9.84. The van der Waals surface area contributed by atoms with Gasteiger partial charge in [0.15, 0.2) is 17.3 Å². The third-order valence-corrected chi connectivity index (χ3v) is 6.54. The van der Waals surface area contributed by atoms with Crippen LogP contribution in [0, 0.1) is 10.1 Å². The van der Waals surface area contributed by atoms with E-state index in [0.29, 0.717) is 69.2 Å². The van der Waals surface area contributed by atoms with Gasteiger partial charge in [0, 0.05) is 38.3 Å². The first-order chi connectivity index (χ1) is 17.8. The SMILES string of the molecule is CCC(c1nnnn1-c1ccc2c(c1)OCCO2)N1CCN(c2ccc(C(F)(F)F)cc2[N+](=O)[O-])CC1. The summed E-state index contributed by atoms with van der Waals surface area (Å²) in [6, 6.07) is 7.99. The molecule has 2 aliphatic rings. The van der Waals surface area contributed by atoms with E-state index < -0.39 is 22.4 Å². The summed E-state index contributed by atoms with van der Waals surface area (Å²) in [7, 11) is 0. The van der Waals surface area contributed by atoms with Gasteiger partial charge in [-0.25, -0.2) is 0 Å². The Morgan fingerprint density at radius 2 is 1.78 bits per heavy atom. The Balaban J connectivity index is 1.34. The molecule has 1 unspecified atom stereocenters. The van der Waals surface area contributed by atoms with Crippen LogP contribution in [0.4, 0.5) is 24.5 Å². The molecule has 1 aromatic heterocycles. The monoisotopic (exact) mass is 519 g/mol. The van der Waals surface area contributed by atoms with E-state index >= 15 is 0 Å². The lowest BCUT2D eigenvalue weighted by molar-refractivity contribution is -0.384. The standard InChI is InChI=1S/C23H24F3N7O4/c1-2-17(22-27-28-29-32(22)16-4-6-20-21(14-16)37-12-11-36-20)30-7-9-31(10-8-30)18-5-3-15(23(24,25)26)13-19(18)33(34)35/h3-6,13-14,17H,2,7-12H2,1H3. The van der Waals surface area contributed by atoms with Gasteiger partial charge in [0.2, 0.25) is 0 Å². The summed E-state index contributed by atoms with van der Waals surface area (Å²) in [6.45, 7) is 4.79. The predicted molar refractivity (Wildman–Crippen MR) is 125 cm³/mol. The van der Waals surface area contributed by atoms with Crippen LogP contribution in [0.1, 0.15) is 30.8 Å². The summed E-state index contributed by atoms with van der Waals surface area (Å²) < 4.78 is 52.2. The first kappa shape index (κ1) is 24.7. The number of fused-ring (bicyclic) bond motifs is 1. The highest BCUT2D eigenvalue weighted by atomic mass is 19.4. The van der Waals surface area contributed by atoms with Gasteiger partial charge in [-0.2, -0.15) is 17.9 Å². The topological polar surface area (TPSA) is 112 Å². The number of alkyl halides is 3. The molecule has 14 heteroatoms. The van der Waals surface area contributed by atoms with Crippen LogP contribution >= 0.6 is 0 Å². The number of nitro benzene ring substituents is 1. The Labute approximate surface area is 209 Å². The van der Waals surface area contributed by atoms with Gasteiger partial charge >= 0.3 is 6.18 Å². The lowest BCUT2D eigenvalue weighted by Crippen LogP contribution is -2.48. The van der Waals surface area contributed by atoms with Crippen LogP contribution in [0.3, 0.4) is 0 Å². The molecule has 0 N–H and O–H groups in total. The lowest BCUT2D eigenvalue weighted by Gasteiger charge is -2.39. The Kier molecular flexibility index (Phi) is 6.58. The number of ether oxygens (including phenoxy) is 2. The van der Waals surface area contributed by atoms with Crippen LogP contribution in [0.25, 0.3) is 5.69 Å². The zero-order valence-electron chi connectivity index (χ0n) is 19.9. The molecule has 11 nitrogen and oxygen atoms in total. The van der Waals surface area contributed by atoms with Gasteiger partial charge in [0.05, 0.1) is 22.2 Å². The molecule has 3 heterocycles. The fourth-order valence-electron chi connectivity index (χ4n) is 4.74. The van der Waals surface area contributed by atoms with Crippen LogP contribution < -0.4 is 14.4 Å². The summed E-state index contributed by atoms with van der Waals surface area (Å²) in [4.78, 5) is 14.7. The predicted octanol–water partition coefficient (Wildman–Crippen LogP) is 3.63. The van der Waals surface area contributed by atoms with Crippen molar-refractivity contribution in [2.45, 2.75) is 25.6 Å². The van der Waals surface area contributed by atoms with Crippen molar-refractivity contribution in [3.63, 3.8) is 0 Å². The van der Waals surface area contributed by atoms with E-state index in [1.807, 2.05) is 25.1 Å². The second-order valence-electron chi connectivity index (χ2n) is 8.68. The number of rotatable bonds is 6. The molecule has 0 amide bonds. The van der Waals surface area contributed by atoms with Gasteiger partial charge in [-0.1, -0.05) is 6.92 Å². The zero-order valence-corrected chi connectivity index (χ0v) is 19.9. The second-order valence-corrected chi connectivity index (χ2v) is 8.68. The number of halogens is 3. The van der Waals surface area contributed by atoms with E-state index in [-0.39, 0.29) is 11.7 Å². The van der Waals surface area contributed by atoms with Gasteiger partial charge in [0.1, 0.15) is 18.9 Å². The van der Waals surface area contributed by atoms with Gasteiger partial charge in [-0.15, -0.1) is 5.10 Å². The van der Waals surface area contributed by atoms with E-state index in [0.717, 1.165) is 11.8 Å². The molecule has 2 aliphatic heterocycles. The summed E-state index contributed by atoms with van der Waals surface area (Å²) in [6.07, 6.45) is -3.96. The largest absolute Gasteiger partial charge is 0.486 e. The van der Waals surface area contributed by atoms with Crippen LogP contribution in [0.5, 0.6) is 11.5 Å². The maximum atomic E-state index is 13.1. The molecule has 1 atom stereocenters. The number of hydrogen-bond acceptors (Lipinski definition) is 9. The number of nitro groups is 1. The molecule has 1 fully saturated rings. The molecular formula is C23H24F3N7O4. The summed E-state index contributed by atoms with van der Waals surface area (Å²) in [5.74, 6) is 1.91. The fraction of sp³-hybridized carbons (Fsp3) is 0.435. The van der Waals surface area contributed by atoms with Gasteiger partial charge in [0.25, 0.3) is 5.69 Å². The molecule has 1 saturated heterocycles. The highest BCUT2D eigenvalue weighted by Gasteiger charge is 2.35. The molecule has 0 aliphatic carbocycles. The molecule has 2 aromatic carbocycles. The summed E-state index contributed by atoms with van der Waals surface area (Å²) in [5.41, 5.74) is -0.704. The number of tetrazole rings is 1. The Hall–Kier alpha value is -3.94. The maximum absolute atomic E-state index is 13.1. The number of nitrogens with zero attached hydrogens (tertiary/aromatic N) is 7. The third-order valence-electron chi connectivity index (χ3n) is 6.54. The van der Waals surface area contributed by atoms with Crippen molar-refractivity contribution in [1.29, 1.82) is 0 Å². The van der Waals surface area contributed by atoms with Crippen LogP contribution in [-0.2, 0) is 6.18 Å². The number of piperazine rings is 1. The first-order valence-corrected chi connectivity index (χ1v) is 11.8. The molecule has 3 aromatic rings. The lowest BCUT2D eigenvalue weighted by atomic mass is 10.1. The minimum atomic E-state index is -4.66. The zero-order chi connectivity index (χ0) is 26.2. The molecule has 0 saturated carbocycles. The summed E-state index contributed by atoms with van der Waals surface area (Å²) in [5, 5.41) is 23.9. The third kappa shape index (κ3) is 4.88. The Bertz CT molecular complexity index is 1290. The highest BCUT2D eigenvalue weighted by Crippen LogP contribution is 2.38. The summed E-state index contributed by atoms with van der Waals surface area (Å²) >= 11 is 0. The normalized spacial score (nSPS) is 17.0. The van der Waals surface area contributed by atoms with Crippen LogP contribution in [0.2, 0.25) is 0 Å². The van der Waals surface area contributed by atoms with Crippen molar-refractivity contribution >= 4 is 11.4 Å². The van der Waals surface area contributed by atoms with Crippen LogP contribution in [-0.4, -0.2) is 69.4 Å². The molecule has 5 rings (SSSR count). The molecule has 196 valence electrons. The Morgan fingerprint density at radius 3 is 2.46 bits per heavy atom. The first-order valence-electron chi connectivity index (χ1n) is 11.8. The van der Waals surface area contributed by atoms with E-state index in [1.165, 1.54) is 6.07 Å². The Morgan fingerprint density at radius 1 is 1.05 bits per heavy atom. The van der Waals surface area contributed by atoms with E-state index in [9.17, 15) is 23.3 Å². The number of benzene rings is 2. The van der Waals surface area contributed by atoms with Gasteiger partial charge < -0.3 is 14.4 Å². The van der Waals surface area contributed by atoms with Crippen molar-refractivity contribution < 1.29 is 27.6 Å². The van der Waals surface area contributed by atoms with Gasteiger partial charge in [-0.3, -0.25) is 15.0 Å². The van der Waals surface area contributed by atoms with Crippen molar-refractivity contribution in [1.82, 2.24) is 25.1 Å². The minimum Gasteiger partial charge on any atom is -0.486 e. The number of hydrogen-bond donors (Lipinski definition) is 0. The quantitative estimate of drug-likeness (QED) is 0.356. The smallest absolute Gasteiger partial charge is 0.416 e. The average molecular weight is 519 g/mol. The number of anilines is 1. The van der Waals surface area contributed by atoms with Crippen molar-refractivity contribution in [3.8, 4) is 17.2 Å². The average Bonchev–Trinajstić information content (AvgIpc) is 3.38.